The first kappa shape index (κ1) is 14.8. The molecule has 0 spiro atoms. The van der Waals surface area contributed by atoms with Crippen molar-refractivity contribution in [3.05, 3.63) is 71.8 Å². The molecule has 1 atom stereocenters. The number of carbonyl (C=O) groups is 1. The van der Waals surface area contributed by atoms with Crippen molar-refractivity contribution in [2.45, 2.75) is 25.9 Å². The molecule has 1 heterocycles. The van der Waals surface area contributed by atoms with Crippen LogP contribution in [0.5, 0.6) is 11.5 Å². The van der Waals surface area contributed by atoms with Crippen LogP contribution in [0.15, 0.2) is 60.7 Å². The van der Waals surface area contributed by atoms with E-state index in [9.17, 15) is 4.79 Å². The molecule has 120 valence electrons. The molecular weight excluding hydrogens is 300 g/mol. The molecule has 0 aliphatic carbocycles. The minimum Gasteiger partial charge on any atom is -0.489 e. The second kappa shape index (κ2) is 6.00. The quantitative estimate of drug-likeness (QED) is 0.512. The highest BCUT2D eigenvalue weighted by Gasteiger charge is 2.24. The zero-order valence-electron chi connectivity index (χ0n) is 13.5. The fraction of sp³-hybridized carbons (Fsp3) is 0.190. The summed E-state index contributed by atoms with van der Waals surface area (Å²) in [5.41, 5.74) is 2.17. The molecular formula is C21H18O3. The third-order valence-electron chi connectivity index (χ3n) is 4.43. The largest absolute Gasteiger partial charge is 0.489 e. The Bertz CT molecular complexity index is 914. The van der Waals surface area contributed by atoms with E-state index in [2.05, 4.69) is 30.3 Å². The predicted octanol–water partition coefficient (Wildman–Crippen LogP) is 4.83. The minimum absolute atomic E-state index is 0.179. The molecule has 0 fully saturated rings. The van der Waals surface area contributed by atoms with Gasteiger partial charge in [0.05, 0.1) is 6.42 Å². The van der Waals surface area contributed by atoms with Crippen molar-refractivity contribution in [2.75, 3.05) is 0 Å². The highest BCUT2D eigenvalue weighted by Crippen LogP contribution is 2.36. The first-order valence-corrected chi connectivity index (χ1v) is 8.14. The van der Waals surface area contributed by atoms with E-state index in [1.165, 1.54) is 10.8 Å². The number of ether oxygens (including phenoxy) is 2. The molecule has 24 heavy (non-hydrogen) atoms. The van der Waals surface area contributed by atoms with E-state index < -0.39 is 0 Å². The van der Waals surface area contributed by atoms with Crippen molar-refractivity contribution in [1.82, 2.24) is 0 Å². The zero-order valence-corrected chi connectivity index (χ0v) is 13.5. The fourth-order valence-electron chi connectivity index (χ4n) is 3.12. The fourth-order valence-corrected chi connectivity index (χ4v) is 3.12. The van der Waals surface area contributed by atoms with Gasteiger partial charge in [-0.3, -0.25) is 4.79 Å². The molecule has 3 heteroatoms. The van der Waals surface area contributed by atoms with Gasteiger partial charge in [-0.15, -0.1) is 0 Å². The predicted molar refractivity (Wildman–Crippen MR) is 93.4 cm³/mol. The Morgan fingerprint density at radius 3 is 2.75 bits per heavy atom. The third-order valence-corrected chi connectivity index (χ3v) is 4.43. The standard InChI is InChI=1S/C21H18O3/c1-14-10-21(22)24-20-12-18(8-9-19(14)20)23-13-15-6-7-16-4-2-3-5-17(16)11-15/h2-9,11-12,14H,10,13H2,1H3. The van der Waals surface area contributed by atoms with Gasteiger partial charge in [0.2, 0.25) is 0 Å². The van der Waals surface area contributed by atoms with Gasteiger partial charge >= 0.3 is 5.97 Å². The lowest BCUT2D eigenvalue weighted by Gasteiger charge is -2.21. The molecule has 1 unspecified atom stereocenters. The van der Waals surface area contributed by atoms with Crippen LogP contribution in [0, 0.1) is 0 Å². The summed E-state index contributed by atoms with van der Waals surface area (Å²) >= 11 is 0. The number of fused-ring (bicyclic) bond motifs is 2. The van der Waals surface area contributed by atoms with Crippen molar-refractivity contribution in [1.29, 1.82) is 0 Å². The monoisotopic (exact) mass is 318 g/mol. The summed E-state index contributed by atoms with van der Waals surface area (Å²) in [5, 5.41) is 2.42. The summed E-state index contributed by atoms with van der Waals surface area (Å²) in [5.74, 6) is 1.34. The van der Waals surface area contributed by atoms with Crippen LogP contribution in [0.25, 0.3) is 10.8 Å². The first-order chi connectivity index (χ1) is 11.7. The van der Waals surface area contributed by atoms with Gasteiger partial charge in [-0.05, 0) is 39.9 Å². The van der Waals surface area contributed by atoms with Crippen LogP contribution in [0.3, 0.4) is 0 Å². The summed E-state index contributed by atoms with van der Waals surface area (Å²) in [4.78, 5) is 11.6. The molecule has 0 amide bonds. The molecule has 0 aromatic heterocycles. The van der Waals surface area contributed by atoms with Crippen molar-refractivity contribution in [3.63, 3.8) is 0 Å². The van der Waals surface area contributed by atoms with Gasteiger partial charge in [-0.1, -0.05) is 49.4 Å². The molecule has 4 rings (SSSR count). The van der Waals surface area contributed by atoms with Crippen LogP contribution in [0.2, 0.25) is 0 Å². The summed E-state index contributed by atoms with van der Waals surface area (Å²) in [6.45, 7) is 2.52. The van der Waals surface area contributed by atoms with Crippen LogP contribution in [0.1, 0.15) is 30.4 Å². The SMILES string of the molecule is CC1CC(=O)Oc2cc(OCc3ccc4ccccc4c3)ccc21. The first-order valence-electron chi connectivity index (χ1n) is 8.14. The molecule has 0 N–H and O–H groups in total. The zero-order chi connectivity index (χ0) is 16.5. The lowest BCUT2D eigenvalue weighted by molar-refractivity contribution is -0.135. The third kappa shape index (κ3) is 2.85. The van der Waals surface area contributed by atoms with Crippen LogP contribution in [-0.2, 0) is 11.4 Å². The average Bonchev–Trinajstić information content (AvgIpc) is 2.59. The van der Waals surface area contributed by atoms with Gasteiger partial charge in [0.1, 0.15) is 18.1 Å². The Kier molecular flexibility index (Phi) is 3.69. The van der Waals surface area contributed by atoms with Crippen LogP contribution in [0.4, 0.5) is 0 Å². The molecule has 1 aliphatic heterocycles. The summed E-state index contributed by atoms with van der Waals surface area (Å²) < 4.78 is 11.2. The highest BCUT2D eigenvalue weighted by atomic mass is 16.5. The molecule has 0 saturated carbocycles. The van der Waals surface area contributed by atoms with E-state index in [-0.39, 0.29) is 11.9 Å². The van der Waals surface area contributed by atoms with Crippen LogP contribution >= 0.6 is 0 Å². The number of hydrogen-bond acceptors (Lipinski definition) is 3. The molecule has 3 aromatic rings. The maximum absolute atomic E-state index is 11.6. The number of benzene rings is 3. The molecule has 0 radical (unpaired) electrons. The van der Waals surface area contributed by atoms with Crippen molar-refractivity contribution >= 4 is 16.7 Å². The summed E-state index contributed by atoms with van der Waals surface area (Å²) in [6.07, 6.45) is 0.435. The van der Waals surface area contributed by atoms with E-state index in [0.717, 1.165) is 11.1 Å². The maximum Gasteiger partial charge on any atom is 0.311 e. The van der Waals surface area contributed by atoms with Gasteiger partial charge < -0.3 is 9.47 Å². The lowest BCUT2D eigenvalue weighted by atomic mass is 9.95. The molecule has 0 saturated heterocycles. The van der Waals surface area contributed by atoms with Gasteiger partial charge in [0.25, 0.3) is 0 Å². The Morgan fingerprint density at radius 1 is 1.04 bits per heavy atom. The topological polar surface area (TPSA) is 35.5 Å². The Morgan fingerprint density at radius 2 is 1.88 bits per heavy atom. The highest BCUT2D eigenvalue weighted by molar-refractivity contribution is 5.83. The van der Waals surface area contributed by atoms with Gasteiger partial charge in [-0.25, -0.2) is 0 Å². The Labute approximate surface area is 140 Å². The van der Waals surface area contributed by atoms with Gasteiger partial charge in [0.15, 0.2) is 0 Å². The van der Waals surface area contributed by atoms with E-state index in [0.29, 0.717) is 24.5 Å². The van der Waals surface area contributed by atoms with Crippen molar-refractivity contribution < 1.29 is 14.3 Å². The summed E-state index contributed by atoms with van der Waals surface area (Å²) in [7, 11) is 0. The normalized spacial score (nSPS) is 16.5. The molecule has 3 nitrogen and oxygen atoms in total. The van der Waals surface area contributed by atoms with E-state index >= 15 is 0 Å². The molecule has 0 bridgehead atoms. The Hall–Kier alpha value is -2.81. The van der Waals surface area contributed by atoms with E-state index in [1.54, 1.807) is 0 Å². The van der Waals surface area contributed by atoms with E-state index in [4.69, 9.17) is 9.47 Å². The van der Waals surface area contributed by atoms with Crippen LogP contribution in [-0.4, -0.2) is 5.97 Å². The van der Waals surface area contributed by atoms with Gasteiger partial charge in [0, 0.05) is 6.07 Å². The van der Waals surface area contributed by atoms with Crippen molar-refractivity contribution in [3.8, 4) is 11.5 Å². The Balaban J connectivity index is 1.53. The number of hydrogen-bond donors (Lipinski definition) is 0. The average molecular weight is 318 g/mol. The number of esters is 1. The lowest BCUT2D eigenvalue weighted by Crippen LogP contribution is -2.18. The molecule has 1 aliphatic rings. The minimum atomic E-state index is -0.179. The van der Waals surface area contributed by atoms with Gasteiger partial charge in [-0.2, -0.15) is 0 Å². The van der Waals surface area contributed by atoms with Crippen molar-refractivity contribution in [2.24, 2.45) is 0 Å². The number of rotatable bonds is 3. The molecule has 3 aromatic carbocycles. The second-order valence-corrected chi connectivity index (χ2v) is 6.25. The summed E-state index contributed by atoms with van der Waals surface area (Å²) in [6, 6.07) is 20.3. The van der Waals surface area contributed by atoms with E-state index in [1.807, 2.05) is 37.3 Å². The second-order valence-electron chi connectivity index (χ2n) is 6.25. The maximum atomic E-state index is 11.6. The number of carbonyl (C=O) groups excluding carboxylic acids is 1. The van der Waals surface area contributed by atoms with Crippen LogP contribution < -0.4 is 9.47 Å². The smallest absolute Gasteiger partial charge is 0.311 e.